The molecule has 1 saturated carbocycles. The lowest BCUT2D eigenvalue weighted by molar-refractivity contribution is -0.385. The van der Waals surface area contributed by atoms with Crippen LogP contribution in [0.15, 0.2) is 18.3 Å². The van der Waals surface area contributed by atoms with Crippen LogP contribution in [0.4, 0.5) is 11.5 Å². The standard InChI is InChI=1S/C16H24N4O3/c21-20(22)14-4-5-15(17-12-14)18-13-16(6-2-1-3-7-16)19-8-10-23-11-9-19/h4-5,12H,1-3,6-11,13H2,(H,17,18). The van der Waals surface area contributed by atoms with Gasteiger partial charge >= 0.3 is 0 Å². The maximum atomic E-state index is 10.7. The molecule has 1 N–H and O–H groups in total. The first-order valence-corrected chi connectivity index (χ1v) is 8.37. The molecule has 126 valence electrons. The van der Waals surface area contributed by atoms with Gasteiger partial charge in [0.15, 0.2) is 0 Å². The third-order valence-corrected chi connectivity index (χ3v) is 5.02. The number of rotatable bonds is 5. The topological polar surface area (TPSA) is 80.5 Å². The maximum Gasteiger partial charge on any atom is 0.287 e. The highest BCUT2D eigenvalue weighted by Gasteiger charge is 2.38. The van der Waals surface area contributed by atoms with Crippen LogP contribution < -0.4 is 5.32 Å². The Labute approximate surface area is 136 Å². The first kappa shape index (κ1) is 16.1. The number of hydrogen-bond acceptors (Lipinski definition) is 6. The Morgan fingerprint density at radius 1 is 1.26 bits per heavy atom. The number of nitro groups is 1. The van der Waals surface area contributed by atoms with Crippen LogP contribution in [0, 0.1) is 10.1 Å². The van der Waals surface area contributed by atoms with E-state index in [4.69, 9.17) is 4.74 Å². The summed E-state index contributed by atoms with van der Waals surface area (Å²) in [6, 6.07) is 3.19. The number of aromatic nitrogens is 1. The fraction of sp³-hybridized carbons (Fsp3) is 0.688. The highest BCUT2D eigenvalue weighted by atomic mass is 16.6. The van der Waals surface area contributed by atoms with Crippen molar-refractivity contribution in [2.45, 2.75) is 37.6 Å². The van der Waals surface area contributed by atoms with Crippen molar-refractivity contribution in [3.05, 3.63) is 28.4 Å². The van der Waals surface area contributed by atoms with Crippen LogP contribution in [-0.4, -0.2) is 53.2 Å². The Hall–Kier alpha value is -1.73. The van der Waals surface area contributed by atoms with Gasteiger partial charge < -0.3 is 10.1 Å². The van der Waals surface area contributed by atoms with E-state index in [1.807, 2.05) is 0 Å². The molecule has 7 heteroatoms. The molecule has 0 spiro atoms. The van der Waals surface area contributed by atoms with E-state index in [0.29, 0.717) is 5.82 Å². The second-order valence-corrected chi connectivity index (χ2v) is 6.40. The van der Waals surface area contributed by atoms with E-state index in [2.05, 4.69) is 15.2 Å². The molecule has 23 heavy (non-hydrogen) atoms. The molecule has 1 aliphatic carbocycles. The summed E-state index contributed by atoms with van der Waals surface area (Å²) in [6.45, 7) is 4.40. The Bertz CT molecular complexity index is 523. The quantitative estimate of drug-likeness (QED) is 0.663. The maximum absolute atomic E-state index is 10.7. The van der Waals surface area contributed by atoms with Gasteiger partial charge in [-0.2, -0.15) is 0 Å². The number of morpholine rings is 1. The molecule has 2 fully saturated rings. The van der Waals surface area contributed by atoms with Crippen LogP contribution in [0.5, 0.6) is 0 Å². The van der Waals surface area contributed by atoms with Gasteiger partial charge in [-0.05, 0) is 18.9 Å². The predicted octanol–water partition coefficient (Wildman–Crippen LogP) is 2.44. The van der Waals surface area contributed by atoms with Crippen LogP contribution in [0.1, 0.15) is 32.1 Å². The minimum absolute atomic E-state index is 0.0242. The van der Waals surface area contributed by atoms with E-state index in [1.54, 1.807) is 6.07 Å². The molecule has 3 rings (SSSR count). The number of pyridine rings is 1. The largest absolute Gasteiger partial charge is 0.379 e. The molecule has 0 aromatic carbocycles. The van der Waals surface area contributed by atoms with Gasteiger partial charge in [0.25, 0.3) is 5.69 Å². The molecule has 1 aliphatic heterocycles. The van der Waals surface area contributed by atoms with Gasteiger partial charge in [0.1, 0.15) is 12.0 Å². The number of nitrogens with zero attached hydrogens (tertiary/aromatic N) is 3. The summed E-state index contributed by atoms with van der Waals surface area (Å²) in [7, 11) is 0. The van der Waals surface area contributed by atoms with Crippen LogP contribution in [-0.2, 0) is 4.74 Å². The fourth-order valence-electron chi connectivity index (χ4n) is 3.71. The number of ether oxygens (including phenoxy) is 1. The lowest BCUT2D eigenvalue weighted by atomic mass is 9.79. The lowest BCUT2D eigenvalue weighted by Crippen LogP contribution is -2.58. The van der Waals surface area contributed by atoms with Crippen molar-refractivity contribution in [2.24, 2.45) is 0 Å². The molecule has 2 aliphatic rings. The second kappa shape index (κ2) is 7.23. The zero-order valence-corrected chi connectivity index (χ0v) is 13.4. The SMILES string of the molecule is O=[N+]([O-])c1ccc(NCC2(N3CCOCC3)CCCCC2)nc1. The van der Waals surface area contributed by atoms with Gasteiger partial charge in [0, 0.05) is 31.2 Å². The van der Waals surface area contributed by atoms with Crippen molar-refractivity contribution in [3.63, 3.8) is 0 Å². The molecule has 0 radical (unpaired) electrons. The van der Waals surface area contributed by atoms with E-state index in [1.165, 1.54) is 44.4 Å². The fourth-order valence-corrected chi connectivity index (χ4v) is 3.71. The van der Waals surface area contributed by atoms with Crippen molar-refractivity contribution in [1.29, 1.82) is 0 Å². The summed E-state index contributed by atoms with van der Waals surface area (Å²) in [6.07, 6.45) is 7.51. The zero-order chi connectivity index (χ0) is 16.1. The average Bonchev–Trinajstić information content (AvgIpc) is 2.62. The monoisotopic (exact) mass is 320 g/mol. The summed E-state index contributed by atoms with van der Waals surface area (Å²) in [5, 5.41) is 14.1. The van der Waals surface area contributed by atoms with Crippen molar-refractivity contribution in [2.75, 3.05) is 38.2 Å². The third kappa shape index (κ3) is 3.79. The minimum Gasteiger partial charge on any atom is -0.379 e. The molecule has 0 atom stereocenters. The normalized spacial score (nSPS) is 21.7. The Morgan fingerprint density at radius 2 is 2.00 bits per heavy atom. The van der Waals surface area contributed by atoms with Gasteiger partial charge in [-0.3, -0.25) is 15.0 Å². The average molecular weight is 320 g/mol. The lowest BCUT2D eigenvalue weighted by Gasteiger charge is -2.48. The van der Waals surface area contributed by atoms with E-state index in [0.717, 1.165) is 32.8 Å². The van der Waals surface area contributed by atoms with Crippen molar-refractivity contribution in [3.8, 4) is 0 Å². The third-order valence-electron chi connectivity index (χ3n) is 5.02. The van der Waals surface area contributed by atoms with E-state index in [-0.39, 0.29) is 11.2 Å². The van der Waals surface area contributed by atoms with Gasteiger partial charge in [-0.25, -0.2) is 4.98 Å². The smallest absolute Gasteiger partial charge is 0.287 e. The Morgan fingerprint density at radius 3 is 2.61 bits per heavy atom. The van der Waals surface area contributed by atoms with Crippen LogP contribution in [0.25, 0.3) is 0 Å². The molecular weight excluding hydrogens is 296 g/mol. The first-order valence-electron chi connectivity index (χ1n) is 8.37. The van der Waals surface area contributed by atoms with E-state index < -0.39 is 4.92 Å². The molecule has 1 saturated heterocycles. The zero-order valence-electron chi connectivity index (χ0n) is 13.4. The van der Waals surface area contributed by atoms with Crippen molar-refractivity contribution in [1.82, 2.24) is 9.88 Å². The van der Waals surface area contributed by atoms with Crippen molar-refractivity contribution >= 4 is 11.5 Å². The Balaban J connectivity index is 1.67. The van der Waals surface area contributed by atoms with Gasteiger partial charge in [0.2, 0.25) is 0 Å². The van der Waals surface area contributed by atoms with Crippen LogP contribution >= 0.6 is 0 Å². The summed E-state index contributed by atoms with van der Waals surface area (Å²) in [4.78, 5) is 17.0. The predicted molar refractivity (Wildman–Crippen MR) is 87.6 cm³/mol. The summed E-state index contributed by atoms with van der Waals surface area (Å²) in [5.74, 6) is 0.703. The molecule has 0 unspecified atom stereocenters. The van der Waals surface area contributed by atoms with Gasteiger partial charge in [0.05, 0.1) is 18.1 Å². The molecule has 0 bridgehead atoms. The minimum atomic E-state index is -0.423. The summed E-state index contributed by atoms with van der Waals surface area (Å²) < 4.78 is 5.50. The highest BCUT2D eigenvalue weighted by molar-refractivity contribution is 5.40. The van der Waals surface area contributed by atoms with Crippen molar-refractivity contribution < 1.29 is 9.66 Å². The van der Waals surface area contributed by atoms with Crippen LogP contribution in [0.2, 0.25) is 0 Å². The summed E-state index contributed by atoms with van der Waals surface area (Å²) >= 11 is 0. The van der Waals surface area contributed by atoms with Crippen LogP contribution in [0.3, 0.4) is 0 Å². The number of anilines is 1. The molecular formula is C16H24N4O3. The van der Waals surface area contributed by atoms with Gasteiger partial charge in [-0.1, -0.05) is 19.3 Å². The number of hydrogen-bond donors (Lipinski definition) is 1. The van der Waals surface area contributed by atoms with E-state index >= 15 is 0 Å². The molecule has 1 aromatic heterocycles. The van der Waals surface area contributed by atoms with Gasteiger partial charge in [-0.15, -0.1) is 0 Å². The molecule has 2 heterocycles. The Kier molecular flexibility index (Phi) is 5.07. The molecule has 0 amide bonds. The summed E-state index contributed by atoms with van der Waals surface area (Å²) in [5.41, 5.74) is 0.182. The number of nitrogens with one attached hydrogen (secondary N) is 1. The second-order valence-electron chi connectivity index (χ2n) is 6.40. The highest BCUT2D eigenvalue weighted by Crippen LogP contribution is 2.34. The molecule has 1 aromatic rings. The van der Waals surface area contributed by atoms with E-state index in [9.17, 15) is 10.1 Å². The first-order chi connectivity index (χ1) is 11.2. The molecule has 7 nitrogen and oxygen atoms in total.